The molecule has 0 unspecified atom stereocenters. The summed E-state index contributed by atoms with van der Waals surface area (Å²) in [5.74, 6) is 0. The molecule has 0 aromatic heterocycles. The van der Waals surface area contributed by atoms with Gasteiger partial charge in [-0.3, -0.25) is 0 Å². The van der Waals surface area contributed by atoms with Gasteiger partial charge in [0, 0.05) is 55.7 Å². The summed E-state index contributed by atoms with van der Waals surface area (Å²) in [6.07, 6.45) is 0. The minimum absolute atomic E-state index is 0.156. The number of nitrogens with zero attached hydrogens (tertiary/aromatic N) is 2. The zero-order chi connectivity index (χ0) is 65.9. The van der Waals surface area contributed by atoms with Gasteiger partial charge in [0.05, 0.1) is 0 Å². The van der Waals surface area contributed by atoms with Gasteiger partial charge in [-0.25, -0.2) is 0 Å². The monoisotopic (exact) mass is 1250 g/mol. The minimum Gasteiger partial charge on any atom is -0.311 e. The number of anilines is 6. The van der Waals surface area contributed by atoms with Crippen LogP contribution in [0.2, 0.25) is 0 Å². The summed E-state index contributed by atoms with van der Waals surface area (Å²) in [4.78, 5) is 5.29. The van der Waals surface area contributed by atoms with Gasteiger partial charge >= 0.3 is 0 Å². The van der Waals surface area contributed by atoms with Crippen LogP contribution < -0.4 is 42.6 Å². The molecule has 0 fully saturated rings. The van der Waals surface area contributed by atoms with Crippen molar-refractivity contribution in [3.05, 3.63) is 349 Å². The van der Waals surface area contributed by atoms with Crippen LogP contribution in [0.15, 0.2) is 315 Å². The highest BCUT2D eigenvalue weighted by Crippen LogP contribution is 2.54. The van der Waals surface area contributed by atoms with Gasteiger partial charge in [0.25, 0.3) is 0 Å². The molecule has 0 aliphatic carbocycles. The van der Waals surface area contributed by atoms with E-state index in [4.69, 9.17) is 0 Å². The van der Waals surface area contributed by atoms with E-state index in [1.54, 1.807) is 0 Å². The van der Waals surface area contributed by atoms with Crippen molar-refractivity contribution in [3.8, 4) is 66.8 Å². The zero-order valence-electron chi connectivity index (χ0n) is 56.1. The van der Waals surface area contributed by atoms with Crippen molar-refractivity contribution >= 4 is 113 Å². The topological polar surface area (TPSA) is 6.48 Å². The van der Waals surface area contributed by atoms with Crippen LogP contribution in [-0.2, 0) is 0 Å². The first-order valence-electron chi connectivity index (χ1n) is 34.5. The first kappa shape index (κ1) is 58.8. The highest BCUT2D eigenvalue weighted by atomic mass is 15.2. The minimum atomic E-state index is -0.156. The summed E-state index contributed by atoms with van der Waals surface area (Å²) in [6.45, 7) is 13.6. The van der Waals surface area contributed by atoms with E-state index in [2.05, 4.69) is 367 Å². The van der Waals surface area contributed by atoms with E-state index in [0.29, 0.717) is 0 Å². The van der Waals surface area contributed by atoms with E-state index in [0.717, 1.165) is 11.4 Å². The normalized spacial score (nSPS) is 12.5. The molecular weight excluding hydrogens is 1180 g/mol. The molecule has 0 bridgehead atoms. The largest absolute Gasteiger partial charge is 0.311 e. The number of aryl methyl sites for hydroxylation is 6. The first-order chi connectivity index (χ1) is 48.2. The van der Waals surface area contributed by atoms with Crippen LogP contribution in [-0.4, -0.2) is 13.4 Å². The fourth-order valence-corrected chi connectivity index (χ4v) is 17.6. The predicted molar refractivity (Wildman–Crippen MR) is 423 cm³/mol. The van der Waals surface area contributed by atoms with Gasteiger partial charge in [0.1, 0.15) is 0 Å². The van der Waals surface area contributed by atoms with Crippen LogP contribution in [0.25, 0.3) is 99.1 Å². The van der Waals surface area contributed by atoms with Gasteiger partial charge in [-0.1, -0.05) is 323 Å². The highest BCUT2D eigenvalue weighted by molar-refractivity contribution is 7.00. The Labute approximate surface area is 575 Å². The maximum absolute atomic E-state index is 2.65. The lowest BCUT2D eigenvalue weighted by molar-refractivity contribution is 1.30. The van der Waals surface area contributed by atoms with Crippen LogP contribution in [0, 0.1) is 41.5 Å². The van der Waals surface area contributed by atoms with Crippen LogP contribution in [0.3, 0.4) is 0 Å². The van der Waals surface area contributed by atoms with Crippen molar-refractivity contribution in [1.82, 2.24) is 0 Å². The van der Waals surface area contributed by atoms with Crippen LogP contribution in [0.5, 0.6) is 0 Å². The van der Waals surface area contributed by atoms with E-state index in [1.807, 2.05) is 0 Å². The maximum Gasteiger partial charge on any atom is 0.248 e. The Balaban J connectivity index is 1.07. The Morgan fingerprint density at radius 3 is 0.878 bits per heavy atom. The van der Waals surface area contributed by atoms with E-state index >= 15 is 0 Å². The molecule has 98 heavy (non-hydrogen) atoms. The summed E-state index contributed by atoms with van der Waals surface area (Å²) in [5.41, 5.74) is 36.9. The fraction of sp³-hybridized carbons (Fsp3) is 0.0638. The second-order valence-electron chi connectivity index (χ2n) is 27.3. The molecule has 16 aromatic carbocycles. The van der Waals surface area contributed by atoms with Gasteiger partial charge in [0.15, 0.2) is 0 Å². The van der Waals surface area contributed by atoms with Crippen LogP contribution >= 0.6 is 0 Å². The molecule has 0 spiro atoms. The van der Waals surface area contributed by atoms with Crippen molar-refractivity contribution in [2.24, 2.45) is 0 Å². The third kappa shape index (κ3) is 9.33. The smallest absolute Gasteiger partial charge is 0.248 e. The molecule has 4 heteroatoms. The lowest BCUT2D eigenvalue weighted by Crippen LogP contribution is -2.59. The molecule has 0 saturated heterocycles. The van der Waals surface area contributed by atoms with E-state index in [1.165, 1.54) is 188 Å². The molecule has 16 aromatic rings. The molecule has 2 aliphatic heterocycles. The summed E-state index contributed by atoms with van der Waals surface area (Å²) in [6, 6.07) is 119. The number of rotatable bonds is 10. The second-order valence-corrected chi connectivity index (χ2v) is 27.3. The quantitative estimate of drug-likeness (QED) is 0.0995. The molecule has 0 radical (unpaired) electrons. The standard InChI is InChI=1S/C94H70B2N2/c1-59-55-61(3)89(62(4)56-59)95-81-39-23-25-41-83(81)97(71-47-43-67(44-48-71)65-27-11-7-12-28-65)93-79-53-52-78-86-80(54-51-77(85(79)86)87(91(93)95)75-37-21-19-35-73(75)69-31-15-9-16-32-69)94-92(88(78)76-38-22-20-36-74(76)70-33-17-10-18-34-70)96(90-63(5)57-60(2)58-64(90)6)82-40-24-26-42-84(82)98(94)72-49-45-68(46-50-72)66-29-13-8-14-30-66/h7-58H,1-6H3. The van der Waals surface area contributed by atoms with Crippen molar-refractivity contribution in [1.29, 1.82) is 0 Å². The number of para-hydroxylation sites is 2. The fourth-order valence-electron chi connectivity index (χ4n) is 17.6. The summed E-state index contributed by atoms with van der Waals surface area (Å²) in [7, 11) is 0. The first-order valence-corrected chi connectivity index (χ1v) is 34.5. The third-order valence-corrected chi connectivity index (χ3v) is 21.3. The molecule has 18 rings (SSSR count). The van der Waals surface area contributed by atoms with Crippen molar-refractivity contribution in [3.63, 3.8) is 0 Å². The zero-order valence-corrected chi connectivity index (χ0v) is 56.1. The SMILES string of the molecule is Cc1cc(C)c(B2c3ccccc3N(c3ccc(-c4ccccc4)cc3)c3c2c(-c2ccccc2-c2ccccc2)c2ccc4c5c(c(-c6ccccc6-c6ccccc6)c6ccc3c2c64)B(c2c(C)cc(C)cc2C)c2ccccc2N5c2ccc(-c3ccccc3)cc2)c(C)c1. The molecule has 2 nitrogen and oxygen atoms in total. The molecule has 2 aliphatic rings. The molecule has 462 valence electrons. The summed E-state index contributed by atoms with van der Waals surface area (Å²) >= 11 is 0. The third-order valence-electron chi connectivity index (χ3n) is 21.3. The van der Waals surface area contributed by atoms with Gasteiger partial charge in [-0.15, -0.1) is 0 Å². The van der Waals surface area contributed by atoms with Crippen molar-refractivity contribution in [2.45, 2.75) is 41.5 Å². The average molecular weight is 1250 g/mol. The lowest BCUT2D eigenvalue weighted by atomic mass is 9.32. The molecule has 0 amide bonds. The van der Waals surface area contributed by atoms with E-state index in [-0.39, 0.29) is 13.4 Å². The Bertz CT molecular complexity index is 5400. The van der Waals surface area contributed by atoms with E-state index in [9.17, 15) is 0 Å². The number of fused-ring (bicyclic) bond motifs is 6. The molecule has 0 saturated carbocycles. The van der Waals surface area contributed by atoms with Crippen LogP contribution in [0.4, 0.5) is 34.1 Å². The predicted octanol–water partition coefficient (Wildman–Crippen LogP) is 21.0. The summed E-state index contributed by atoms with van der Waals surface area (Å²) in [5, 5.41) is 7.37. The molecule has 0 atom stereocenters. The molecule has 2 heterocycles. The maximum atomic E-state index is 2.65. The molecule has 0 N–H and O–H groups in total. The summed E-state index contributed by atoms with van der Waals surface area (Å²) < 4.78 is 0. The van der Waals surface area contributed by atoms with Crippen LogP contribution in [0.1, 0.15) is 33.4 Å². The van der Waals surface area contributed by atoms with Gasteiger partial charge in [0.2, 0.25) is 13.4 Å². The van der Waals surface area contributed by atoms with Gasteiger partial charge < -0.3 is 9.80 Å². The Morgan fingerprint density at radius 1 is 0.235 bits per heavy atom. The highest BCUT2D eigenvalue weighted by Gasteiger charge is 2.45. The Morgan fingerprint density at radius 2 is 0.520 bits per heavy atom. The number of hydrogen-bond acceptors (Lipinski definition) is 2. The average Bonchev–Trinajstić information content (AvgIpc) is 0.676. The Hall–Kier alpha value is -11.7. The number of benzene rings is 16. The lowest BCUT2D eigenvalue weighted by Gasteiger charge is -2.42. The molecular formula is C94H70B2N2. The van der Waals surface area contributed by atoms with E-state index < -0.39 is 0 Å². The van der Waals surface area contributed by atoms with Crippen molar-refractivity contribution in [2.75, 3.05) is 9.80 Å². The van der Waals surface area contributed by atoms with Crippen molar-refractivity contribution < 1.29 is 0 Å². The number of hydrogen-bond donors (Lipinski definition) is 0. The second kappa shape index (κ2) is 23.6. The Kier molecular flexibility index (Phi) is 14.2. The van der Waals surface area contributed by atoms with Gasteiger partial charge in [-0.05, 0) is 177 Å². The van der Waals surface area contributed by atoms with Gasteiger partial charge in [-0.2, -0.15) is 0 Å².